The average Bonchev–Trinajstić information content (AvgIpc) is 3.60. The Morgan fingerprint density at radius 1 is 1.11 bits per heavy atom. The summed E-state index contributed by atoms with van der Waals surface area (Å²) < 4.78 is 38.1. The van der Waals surface area contributed by atoms with Crippen LogP contribution in [0.4, 0.5) is 5.69 Å². The average molecular weight is 557 g/mol. The van der Waals surface area contributed by atoms with Gasteiger partial charge in [0.25, 0.3) is 6.01 Å². The SMILES string of the molecule is COc1nc(-c2ccc(N=[S-](C)=O)cc2)ccc1-c1nc2nc(O[C@@H]3CO[C@H]4[C@@H]3OC[C@H]4O)[nH]c2cc1Cl. The van der Waals surface area contributed by atoms with Crippen LogP contribution in [0.3, 0.4) is 0 Å². The number of methoxy groups -OCH3 is 1. The normalized spacial score (nSPS) is 23.6. The first-order valence-corrected chi connectivity index (χ1v) is 13.6. The van der Waals surface area contributed by atoms with Crippen LogP contribution in [0.5, 0.6) is 11.9 Å². The van der Waals surface area contributed by atoms with Crippen molar-refractivity contribution in [3.8, 4) is 34.4 Å². The third-order valence-corrected chi connectivity index (χ3v) is 7.11. The van der Waals surface area contributed by atoms with E-state index in [2.05, 4.69) is 24.3 Å². The Kier molecular flexibility index (Phi) is 6.66. The molecule has 4 aromatic rings. The molecule has 4 atom stereocenters. The van der Waals surface area contributed by atoms with Crippen LogP contribution in [0.1, 0.15) is 0 Å². The summed E-state index contributed by atoms with van der Waals surface area (Å²) in [6, 6.07) is 12.9. The molecule has 6 rings (SSSR count). The molecule has 0 amide bonds. The highest BCUT2D eigenvalue weighted by Crippen LogP contribution is 2.36. The van der Waals surface area contributed by atoms with Gasteiger partial charge in [0.15, 0.2) is 11.8 Å². The first-order valence-electron chi connectivity index (χ1n) is 11.7. The molecule has 2 fully saturated rings. The van der Waals surface area contributed by atoms with E-state index in [1.54, 1.807) is 18.2 Å². The maximum absolute atomic E-state index is 11.3. The molecule has 1 aromatic carbocycles. The van der Waals surface area contributed by atoms with E-state index in [-0.39, 0.29) is 25.3 Å². The summed E-state index contributed by atoms with van der Waals surface area (Å²) >= 11 is 6.61. The Labute approximate surface area is 224 Å². The number of aliphatic hydroxyl groups excluding tert-OH is 1. The number of pyridine rings is 2. The second-order valence-corrected chi connectivity index (χ2v) is 10.3. The van der Waals surface area contributed by atoms with Gasteiger partial charge in [-0.05, 0) is 30.3 Å². The van der Waals surface area contributed by atoms with Crippen molar-refractivity contribution in [3.05, 3.63) is 47.5 Å². The fourth-order valence-corrected chi connectivity index (χ4v) is 5.28. The van der Waals surface area contributed by atoms with Gasteiger partial charge in [0, 0.05) is 11.3 Å². The minimum Gasteiger partial charge on any atom is -0.480 e. The molecule has 11 nitrogen and oxygen atoms in total. The Bertz CT molecular complexity index is 1590. The zero-order chi connectivity index (χ0) is 26.4. The van der Waals surface area contributed by atoms with Gasteiger partial charge in [-0.2, -0.15) is 15.6 Å². The van der Waals surface area contributed by atoms with Crippen molar-refractivity contribution in [1.82, 2.24) is 19.9 Å². The molecule has 198 valence electrons. The van der Waals surface area contributed by atoms with Crippen molar-refractivity contribution < 1.29 is 28.3 Å². The van der Waals surface area contributed by atoms with Crippen molar-refractivity contribution >= 4 is 39.0 Å². The number of hydrogen-bond acceptors (Lipinski definition) is 11. The highest BCUT2D eigenvalue weighted by Gasteiger charge is 2.48. The second-order valence-electron chi connectivity index (χ2n) is 8.87. The molecule has 13 heteroatoms. The maximum atomic E-state index is 11.3. The fraction of sp³-hybridized carbons (Fsp3) is 0.320. The maximum Gasteiger partial charge on any atom is 0.296 e. The molecule has 0 bridgehead atoms. The van der Waals surface area contributed by atoms with Gasteiger partial charge in [-0.1, -0.05) is 23.7 Å². The quantitative estimate of drug-likeness (QED) is 0.340. The van der Waals surface area contributed by atoms with Gasteiger partial charge >= 0.3 is 0 Å². The van der Waals surface area contributed by atoms with E-state index in [1.165, 1.54) is 13.4 Å². The van der Waals surface area contributed by atoms with Gasteiger partial charge < -0.3 is 37.6 Å². The van der Waals surface area contributed by atoms with Crippen molar-refractivity contribution in [2.24, 2.45) is 4.36 Å². The van der Waals surface area contributed by atoms with Gasteiger partial charge in [0.1, 0.15) is 18.3 Å². The number of hydrogen-bond donors (Lipinski definition) is 2. The van der Waals surface area contributed by atoms with Crippen LogP contribution in [0, 0.1) is 0 Å². The number of aromatic nitrogens is 4. The van der Waals surface area contributed by atoms with Gasteiger partial charge in [-0.3, -0.25) is 0 Å². The molecule has 0 aliphatic carbocycles. The first kappa shape index (κ1) is 25.0. The van der Waals surface area contributed by atoms with E-state index in [9.17, 15) is 9.32 Å². The van der Waals surface area contributed by atoms with Gasteiger partial charge in [0.2, 0.25) is 5.88 Å². The molecule has 2 saturated heterocycles. The lowest BCUT2D eigenvalue weighted by Crippen LogP contribution is -2.34. The number of aromatic amines is 1. The summed E-state index contributed by atoms with van der Waals surface area (Å²) in [5.41, 5.74) is 4.20. The lowest BCUT2D eigenvalue weighted by molar-refractivity contribution is 0.00706. The molecular weight excluding hydrogens is 534 g/mol. The number of imidazole rings is 1. The molecule has 38 heavy (non-hydrogen) atoms. The number of aliphatic hydroxyl groups is 1. The van der Waals surface area contributed by atoms with Crippen LogP contribution in [0.2, 0.25) is 5.02 Å². The van der Waals surface area contributed by atoms with E-state index in [1.807, 2.05) is 24.3 Å². The van der Waals surface area contributed by atoms with E-state index in [0.717, 1.165) is 5.56 Å². The van der Waals surface area contributed by atoms with E-state index < -0.39 is 28.9 Å². The van der Waals surface area contributed by atoms with Crippen LogP contribution in [-0.4, -0.2) is 76.0 Å². The number of H-pyrrole nitrogens is 1. The molecule has 3 aromatic heterocycles. The Morgan fingerprint density at radius 3 is 2.66 bits per heavy atom. The van der Waals surface area contributed by atoms with Crippen LogP contribution >= 0.6 is 11.6 Å². The Balaban J connectivity index is 1.28. The highest BCUT2D eigenvalue weighted by atomic mass is 35.5. The molecule has 0 saturated carbocycles. The monoisotopic (exact) mass is 556 g/mol. The molecule has 2 N–H and O–H groups in total. The van der Waals surface area contributed by atoms with Crippen LogP contribution in [-0.2, 0) is 24.3 Å². The first-order chi connectivity index (χ1) is 18.4. The summed E-state index contributed by atoms with van der Waals surface area (Å²) in [5.74, 6) is 0.345. The Hall–Kier alpha value is -3.29. The minimum absolute atomic E-state index is 0.215. The van der Waals surface area contributed by atoms with E-state index >= 15 is 0 Å². The number of ether oxygens (including phenoxy) is 4. The standard InChI is InChI=1S/C25H23ClN5O6S/c1-34-24-14(7-8-16(27-24)12-3-5-13(6-4-12)31-38(2)33)20-15(26)9-17-23(29-20)30-25(28-17)37-19-11-36-21-18(32)10-35-22(19)21/h3-9,18-19,21-22,32H,10-11H2,1-2H3,(H,28,29,30)/q-1/t18-,19-,21-,22-/m1/s1. The number of rotatable bonds is 6. The summed E-state index contributed by atoms with van der Waals surface area (Å²) in [5, 5.41) is 10.3. The zero-order valence-electron chi connectivity index (χ0n) is 20.3. The summed E-state index contributed by atoms with van der Waals surface area (Å²) in [7, 11) is 0.250. The third kappa shape index (κ3) is 4.69. The fourth-order valence-electron chi connectivity index (χ4n) is 4.61. The van der Waals surface area contributed by atoms with Crippen LogP contribution in [0.25, 0.3) is 33.7 Å². The number of benzene rings is 1. The summed E-state index contributed by atoms with van der Waals surface area (Å²) in [4.78, 5) is 16.9. The number of fused-ring (bicyclic) bond motifs is 2. The third-order valence-electron chi connectivity index (χ3n) is 6.36. The van der Waals surface area contributed by atoms with Crippen LogP contribution in [0.15, 0.2) is 46.8 Å². The van der Waals surface area contributed by atoms with Gasteiger partial charge in [-0.25, -0.2) is 9.97 Å². The largest absolute Gasteiger partial charge is 0.480 e. The van der Waals surface area contributed by atoms with E-state index in [0.29, 0.717) is 44.7 Å². The van der Waals surface area contributed by atoms with Crippen molar-refractivity contribution in [2.75, 3.05) is 26.6 Å². The summed E-state index contributed by atoms with van der Waals surface area (Å²) in [6.45, 7) is 0.500. The minimum atomic E-state index is -1.28. The lowest BCUT2D eigenvalue weighted by Gasteiger charge is -2.15. The van der Waals surface area contributed by atoms with Crippen molar-refractivity contribution in [2.45, 2.75) is 24.4 Å². The molecular formula is C25H23ClN5O6S-. The molecule has 0 unspecified atom stereocenters. The smallest absolute Gasteiger partial charge is 0.296 e. The zero-order valence-corrected chi connectivity index (χ0v) is 21.9. The van der Waals surface area contributed by atoms with Crippen molar-refractivity contribution in [1.29, 1.82) is 0 Å². The second kappa shape index (κ2) is 10.1. The molecule has 0 radical (unpaired) electrons. The van der Waals surface area contributed by atoms with Crippen LogP contribution < -0.4 is 9.47 Å². The van der Waals surface area contributed by atoms with E-state index in [4.69, 9.17) is 30.5 Å². The Morgan fingerprint density at radius 2 is 1.89 bits per heavy atom. The number of nitrogens with zero attached hydrogens (tertiary/aromatic N) is 4. The molecule has 2 aliphatic rings. The highest BCUT2D eigenvalue weighted by molar-refractivity contribution is 7.74. The van der Waals surface area contributed by atoms with Gasteiger partial charge in [0.05, 0.1) is 47.8 Å². The topological polar surface area (TPSA) is 141 Å². The predicted octanol–water partition coefficient (Wildman–Crippen LogP) is 3.66. The molecule has 0 spiro atoms. The summed E-state index contributed by atoms with van der Waals surface area (Å²) in [6.07, 6.45) is -0.314. The van der Waals surface area contributed by atoms with Gasteiger partial charge in [-0.15, -0.1) is 6.26 Å². The lowest BCUT2D eigenvalue weighted by atomic mass is 10.1. The number of nitrogens with one attached hydrogen (secondary N) is 1. The predicted molar refractivity (Wildman–Crippen MR) is 140 cm³/mol. The molecule has 5 heterocycles. The van der Waals surface area contributed by atoms with Crippen molar-refractivity contribution in [3.63, 3.8) is 0 Å². The molecule has 2 aliphatic heterocycles. The number of halogens is 1.